The fourth-order valence-electron chi connectivity index (χ4n) is 2.35. The van der Waals surface area contributed by atoms with Crippen molar-refractivity contribution >= 4 is 17.4 Å². The van der Waals surface area contributed by atoms with Crippen LogP contribution in [-0.2, 0) is 6.54 Å². The molecule has 5 heteroatoms. The summed E-state index contributed by atoms with van der Waals surface area (Å²) in [7, 11) is 0. The Bertz CT molecular complexity index is 451. The molecule has 0 amide bonds. The van der Waals surface area contributed by atoms with Crippen molar-refractivity contribution in [3.63, 3.8) is 0 Å². The van der Waals surface area contributed by atoms with Gasteiger partial charge in [-0.2, -0.15) is 11.8 Å². The predicted octanol–water partition coefficient (Wildman–Crippen LogP) is 3.91. The first-order valence-electron chi connectivity index (χ1n) is 6.98. The van der Waals surface area contributed by atoms with Crippen molar-refractivity contribution < 1.29 is 4.92 Å². The van der Waals surface area contributed by atoms with Gasteiger partial charge in [0.2, 0.25) is 0 Å². The Balaban J connectivity index is 2.71. The molecule has 1 rings (SSSR count). The summed E-state index contributed by atoms with van der Waals surface area (Å²) in [6.45, 7) is 7.83. The molecular weight excluding hydrogens is 272 g/mol. The molecule has 0 aliphatic carbocycles. The van der Waals surface area contributed by atoms with Crippen LogP contribution in [-0.4, -0.2) is 22.5 Å². The summed E-state index contributed by atoms with van der Waals surface area (Å²) in [6.07, 6.45) is 4.38. The highest BCUT2D eigenvalue weighted by molar-refractivity contribution is 8.00. The molecule has 112 valence electrons. The first-order valence-corrected chi connectivity index (χ1v) is 8.21. The van der Waals surface area contributed by atoms with E-state index in [1.54, 1.807) is 12.1 Å². The van der Waals surface area contributed by atoms with Gasteiger partial charge in [-0.05, 0) is 31.6 Å². The quantitative estimate of drug-likeness (QED) is 0.583. The van der Waals surface area contributed by atoms with E-state index in [9.17, 15) is 10.1 Å². The Morgan fingerprint density at radius 2 is 2.00 bits per heavy atom. The van der Waals surface area contributed by atoms with Crippen LogP contribution in [0.2, 0.25) is 0 Å². The van der Waals surface area contributed by atoms with Gasteiger partial charge in [-0.15, -0.1) is 0 Å². The van der Waals surface area contributed by atoms with E-state index in [4.69, 9.17) is 0 Å². The van der Waals surface area contributed by atoms with Gasteiger partial charge >= 0.3 is 0 Å². The van der Waals surface area contributed by atoms with Crippen LogP contribution in [0.3, 0.4) is 0 Å². The number of hydrogen-bond donors (Lipinski definition) is 1. The molecule has 0 saturated carbocycles. The smallest absolute Gasteiger partial charge is 0.272 e. The van der Waals surface area contributed by atoms with Gasteiger partial charge in [0.1, 0.15) is 0 Å². The number of nitrogens with one attached hydrogen (secondary N) is 1. The molecule has 0 heterocycles. The molecule has 0 spiro atoms. The third-order valence-electron chi connectivity index (χ3n) is 4.10. The summed E-state index contributed by atoms with van der Waals surface area (Å²) < 4.78 is 0.259. The summed E-state index contributed by atoms with van der Waals surface area (Å²) in [5, 5.41) is 14.4. The van der Waals surface area contributed by atoms with Crippen LogP contribution in [0.25, 0.3) is 0 Å². The molecule has 4 nitrogen and oxygen atoms in total. The van der Waals surface area contributed by atoms with Crippen molar-refractivity contribution in [3.8, 4) is 0 Å². The monoisotopic (exact) mass is 296 g/mol. The standard InChI is InChI=1S/C15H24N2O2S/c1-5-15(6-2,20-4)11-16-10-13-8-7-9-14(12(13)3)17(18)19/h7-9,16H,5-6,10-11H2,1-4H3. The van der Waals surface area contributed by atoms with E-state index < -0.39 is 0 Å². The fourth-order valence-corrected chi connectivity index (χ4v) is 3.17. The van der Waals surface area contributed by atoms with Crippen LogP contribution in [0.1, 0.15) is 37.8 Å². The molecule has 0 aromatic heterocycles. The molecule has 0 radical (unpaired) electrons. The number of nitrogens with zero attached hydrogens (tertiary/aromatic N) is 1. The van der Waals surface area contributed by atoms with Crippen molar-refractivity contribution in [2.75, 3.05) is 12.8 Å². The average molecular weight is 296 g/mol. The van der Waals surface area contributed by atoms with E-state index >= 15 is 0 Å². The summed E-state index contributed by atoms with van der Waals surface area (Å²) in [4.78, 5) is 10.6. The maximum absolute atomic E-state index is 10.9. The molecule has 0 aliphatic heterocycles. The Labute approximate surface area is 125 Å². The average Bonchev–Trinajstić information content (AvgIpc) is 2.45. The number of nitro benzene ring substituents is 1. The third kappa shape index (κ3) is 3.96. The van der Waals surface area contributed by atoms with Crippen LogP contribution in [0.4, 0.5) is 5.69 Å². The van der Waals surface area contributed by atoms with Gasteiger partial charge in [-0.3, -0.25) is 10.1 Å². The molecule has 1 aromatic carbocycles. The predicted molar refractivity (Wildman–Crippen MR) is 86.4 cm³/mol. The van der Waals surface area contributed by atoms with E-state index in [1.807, 2.05) is 24.8 Å². The van der Waals surface area contributed by atoms with Crippen LogP contribution < -0.4 is 5.32 Å². The van der Waals surface area contributed by atoms with E-state index in [2.05, 4.69) is 25.4 Å². The fraction of sp³-hybridized carbons (Fsp3) is 0.600. The number of nitro groups is 1. The molecule has 0 atom stereocenters. The molecule has 20 heavy (non-hydrogen) atoms. The SMILES string of the molecule is CCC(CC)(CNCc1cccc([N+](=O)[O-])c1C)SC. The molecule has 0 unspecified atom stereocenters. The lowest BCUT2D eigenvalue weighted by molar-refractivity contribution is -0.385. The molecule has 0 fully saturated rings. The zero-order valence-electron chi connectivity index (χ0n) is 12.7. The topological polar surface area (TPSA) is 55.2 Å². The second-order valence-corrected chi connectivity index (χ2v) is 6.29. The minimum absolute atomic E-state index is 0.200. The maximum Gasteiger partial charge on any atom is 0.272 e. The molecule has 1 N–H and O–H groups in total. The van der Waals surface area contributed by atoms with Crippen molar-refractivity contribution in [3.05, 3.63) is 39.4 Å². The third-order valence-corrected chi connectivity index (χ3v) is 5.69. The molecule has 1 aromatic rings. The van der Waals surface area contributed by atoms with Crippen molar-refractivity contribution in [2.45, 2.75) is 44.9 Å². The summed E-state index contributed by atoms with van der Waals surface area (Å²) >= 11 is 1.89. The Morgan fingerprint density at radius 3 is 2.50 bits per heavy atom. The second kappa shape index (κ2) is 7.64. The minimum atomic E-state index is -0.316. The van der Waals surface area contributed by atoms with Crippen LogP contribution in [0.15, 0.2) is 18.2 Å². The number of thioether (sulfide) groups is 1. The normalized spacial score (nSPS) is 11.6. The van der Waals surface area contributed by atoms with Gasteiger partial charge in [-0.25, -0.2) is 0 Å². The van der Waals surface area contributed by atoms with E-state index in [-0.39, 0.29) is 15.4 Å². The molecule has 0 bridgehead atoms. The Hall–Kier alpha value is -1.07. The number of benzene rings is 1. The van der Waals surface area contributed by atoms with Gasteiger partial charge < -0.3 is 5.32 Å². The second-order valence-electron chi connectivity index (χ2n) is 5.02. The van der Waals surface area contributed by atoms with Crippen LogP contribution >= 0.6 is 11.8 Å². The van der Waals surface area contributed by atoms with E-state index in [0.717, 1.165) is 30.5 Å². The van der Waals surface area contributed by atoms with E-state index in [0.29, 0.717) is 6.54 Å². The highest BCUT2D eigenvalue weighted by Crippen LogP contribution is 2.29. The van der Waals surface area contributed by atoms with Crippen LogP contribution in [0.5, 0.6) is 0 Å². The maximum atomic E-state index is 10.9. The lowest BCUT2D eigenvalue weighted by Crippen LogP contribution is -2.36. The van der Waals surface area contributed by atoms with Gasteiger partial charge in [-0.1, -0.05) is 26.0 Å². The highest BCUT2D eigenvalue weighted by Gasteiger charge is 2.24. The van der Waals surface area contributed by atoms with Gasteiger partial charge in [0, 0.05) is 29.5 Å². The van der Waals surface area contributed by atoms with Crippen molar-refractivity contribution in [1.29, 1.82) is 0 Å². The van der Waals surface area contributed by atoms with Crippen molar-refractivity contribution in [2.24, 2.45) is 0 Å². The lowest BCUT2D eigenvalue weighted by Gasteiger charge is -2.30. The highest BCUT2D eigenvalue weighted by atomic mass is 32.2. The zero-order chi connectivity index (χ0) is 15.2. The van der Waals surface area contributed by atoms with Gasteiger partial charge in [0.25, 0.3) is 5.69 Å². The summed E-state index contributed by atoms with van der Waals surface area (Å²) in [6, 6.07) is 5.26. The van der Waals surface area contributed by atoms with Gasteiger partial charge in [0.05, 0.1) is 4.92 Å². The largest absolute Gasteiger partial charge is 0.311 e. The minimum Gasteiger partial charge on any atom is -0.311 e. The molecule has 0 saturated heterocycles. The first-order chi connectivity index (χ1) is 9.49. The number of rotatable bonds is 8. The zero-order valence-corrected chi connectivity index (χ0v) is 13.5. The van der Waals surface area contributed by atoms with Crippen molar-refractivity contribution in [1.82, 2.24) is 5.32 Å². The Morgan fingerprint density at radius 1 is 1.35 bits per heavy atom. The van der Waals surface area contributed by atoms with Crippen LogP contribution in [0, 0.1) is 17.0 Å². The Kier molecular flexibility index (Phi) is 6.49. The summed E-state index contributed by atoms with van der Waals surface area (Å²) in [5.74, 6) is 0. The first kappa shape index (κ1) is 17.0. The number of hydrogen-bond acceptors (Lipinski definition) is 4. The molecular formula is C15H24N2O2S. The van der Waals surface area contributed by atoms with Gasteiger partial charge in [0.15, 0.2) is 0 Å². The summed E-state index contributed by atoms with van der Waals surface area (Å²) in [5.41, 5.74) is 1.96. The molecule has 0 aliphatic rings. The van der Waals surface area contributed by atoms with E-state index in [1.165, 1.54) is 0 Å². The lowest BCUT2D eigenvalue weighted by atomic mass is 10.0.